The smallest absolute Gasteiger partial charge is 0.309 e. The maximum Gasteiger partial charge on any atom is 0.309 e. The fourth-order valence-electron chi connectivity index (χ4n) is 3.32. The van der Waals surface area contributed by atoms with Crippen LogP contribution in [0.5, 0.6) is 0 Å². The van der Waals surface area contributed by atoms with Crippen molar-refractivity contribution in [1.29, 1.82) is 0 Å². The van der Waals surface area contributed by atoms with Crippen molar-refractivity contribution in [2.75, 3.05) is 0 Å². The van der Waals surface area contributed by atoms with E-state index in [1.807, 2.05) is 0 Å². The highest BCUT2D eigenvalue weighted by Gasteiger charge is 2.74. The molecule has 3 rings (SSSR count). The van der Waals surface area contributed by atoms with E-state index in [-0.39, 0.29) is 18.0 Å². The molecule has 1 aliphatic heterocycles. The van der Waals surface area contributed by atoms with Crippen LogP contribution in [-0.2, 0) is 9.53 Å². The lowest BCUT2D eigenvalue weighted by Gasteiger charge is -2.63. The quantitative estimate of drug-likeness (QED) is 0.487. The molecular formula is C9H12O2. The summed E-state index contributed by atoms with van der Waals surface area (Å²) in [7, 11) is 0. The van der Waals surface area contributed by atoms with Crippen molar-refractivity contribution in [2.24, 2.45) is 23.2 Å². The molecule has 2 nitrogen and oxygen atoms in total. The summed E-state index contributed by atoms with van der Waals surface area (Å²) < 4.78 is 5.25. The summed E-state index contributed by atoms with van der Waals surface area (Å²) in [6.45, 7) is 4.49. The minimum absolute atomic E-state index is 0.0711. The van der Waals surface area contributed by atoms with Gasteiger partial charge in [0.1, 0.15) is 6.10 Å². The van der Waals surface area contributed by atoms with Crippen LogP contribution in [0, 0.1) is 23.2 Å². The Kier molecular flexibility index (Phi) is 0.739. The van der Waals surface area contributed by atoms with E-state index >= 15 is 0 Å². The van der Waals surface area contributed by atoms with Gasteiger partial charge >= 0.3 is 5.97 Å². The van der Waals surface area contributed by atoms with Crippen LogP contribution in [0.3, 0.4) is 0 Å². The predicted molar refractivity (Wildman–Crippen MR) is 38.7 cm³/mol. The summed E-state index contributed by atoms with van der Waals surface area (Å²) in [5.41, 5.74) is 0.460. The Bertz CT molecular complexity index is 248. The molecule has 2 heteroatoms. The number of esters is 1. The predicted octanol–water partition coefficient (Wildman–Crippen LogP) is 1.20. The summed E-state index contributed by atoms with van der Waals surface area (Å²) in [5, 5.41) is 0. The van der Waals surface area contributed by atoms with Crippen molar-refractivity contribution in [3.8, 4) is 0 Å². The van der Waals surface area contributed by atoms with E-state index < -0.39 is 0 Å². The van der Waals surface area contributed by atoms with Gasteiger partial charge < -0.3 is 4.74 Å². The minimum Gasteiger partial charge on any atom is -0.461 e. The summed E-state index contributed by atoms with van der Waals surface area (Å²) in [6.07, 6.45) is 1.36. The van der Waals surface area contributed by atoms with E-state index in [9.17, 15) is 4.79 Å². The van der Waals surface area contributed by atoms with Crippen LogP contribution in [0.15, 0.2) is 0 Å². The molecule has 0 aromatic heterocycles. The molecule has 0 aromatic carbocycles. The molecule has 1 saturated heterocycles. The van der Waals surface area contributed by atoms with E-state index in [1.54, 1.807) is 0 Å². The summed E-state index contributed by atoms with van der Waals surface area (Å²) in [5.74, 6) is 1.54. The van der Waals surface area contributed by atoms with Gasteiger partial charge in [0.15, 0.2) is 0 Å². The lowest BCUT2D eigenvalue weighted by Crippen LogP contribution is -2.65. The molecule has 3 aliphatic rings. The Labute approximate surface area is 65.9 Å². The fraction of sp³-hybridized carbons (Fsp3) is 0.889. The second-order valence-corrected chi connectivity index (χ2v) is 4.53. The van der Waals surface area contributed by atoms with Crippen molar-refractivity contribution in [3.05, 3.63) is 0 Å². The Hall–Kier alpha value is -0.530. The molecule has 5 unspecified atom stereocenters. The number of ether oxygens (including phenoxy) is 1. The Morgan fingerprint density at radius 3 is 3.00 bits per heavy atom. The van der Waals surface area contributed by atoms with Crippen LogP contribution >= 0.6 is 0 Å². The third-order valence-electron chi connectivity index (χ3n) is 4.30. The largest absolute Gasteiger partial charge is 0.461 e. The highest BCUT2D eigenvalue weighted by molar-refractivity contribution is 5.78. The molecule has 5 atom stereocenters. The molecule has 0 aromatic rings. The highest BCUT2D eigenvalue weighted by atomic mass is 16.6. The maximum absolute atomic E-state index is 11.1. The van der Waals surface area contributed by atoms with Crippen molar-refractivity contribution >= 4 is 5.97 Å². The van der Waals surface area contributed by atoms with Gasteiger partial charge in [-0.15, -0.1) is 0 Å². The number of carbonyl (C=O) groups excluding carboxylic acids is 1. The fourth-order valence-corrected chi connectivity index (χ4v) is 3.32. The van der Waals surface area contributed by atoms with Gasteiger partial charge in [-0.3, -0.25) is 4.79 Å². The standard InChI is InChI=1S/C9H12O2/c1-4-7-6-5(8(10)11-7)3-9(4,6)2/h4-7H,3H2,1-2H3. The normalized spacial score (nSPS) is 64.4. The molecule has 2 aliphatic carbocycles. The van der Waals surface area contributed by atoms with Gasteiger partial charge in [-0.05, 0) is 17.8 Å². The van der Waals surface area contributed by atoms with Gasteiger partial charge in [0.05, 0.1) is 5.92 Å². The van der Waals surface area contributed by atoms with Crippen LogP contribution in [0.1, 0.15) is 20.3 Å². The van der Waals surface area contributed by atoms with Crippen molar-refractivity contribution in [3.63, 3.8) is 0 Å². The van der Waals surface area contributed by atoms with Crippen LogP contribution in [0.4, 0.5) is 0 Å². The second kappa shape index (κ2) is 1.35. The van der Waals surface area contributed by atoms with Crippen molar-refractivity contribution in [1.82, 2.24) is 0 Å². The van der Waals surface area contributed by atoms with Gasteiger partial charge in [-0.1, -0.05) is 13.8 Å². The molecular weight excluding hydrogens is 140 g/mol. The van der Waals surface area contributed by atoms with Crippen LogP contribution in [0.2, 0.25) is 0 Å². The van der Waals surface area contributed by atoms with Crippen LogP contribution in [0.25, 0.3) is 0 Å². The SMILES string of the molecule is CC1C2OC(=O)C3CC1(C)C32. The van der Waals surface area contributed by atoms with E-state index in [2.05, 4.69) is 13.8 Å². The zero-order valence-electron chi connectivity index (χ0n) is 6.83. The third kappa shape index (κ3) is 0.397. The first-order chi connectivity index (χ1) is 5.14. The molecule has 0 radical (unpaired) electrons. The average molecular weight is 152 g/mol. The zero-order chi connectivity index (χ0) is 7.80. The average Bonchev–Trinajstić information content (AvgIpc) is 2.15. The van der Waals surface area contributed by atoms with Crippen LogP contribution in [-0.4, -0.2) is 12.1 Å². The first kappa shape index (κ1) is 6.04. The van der Waals surface area contributed by atoms with E-state index in [4.69, 9.17) is 4.74 Å². The Balaban J connectivity index is 2.00. The van der Waals surface area contributed by atoms with E-state index in [1.165, 1.54) is 0 Å². The number of hydrogen-bond donors (Lipinski definition) is 0. The van der Waals surface area contributed by atoms with Crippen LogP contribution < -0.4 is 0 Å². The summed E-state index contributed by atoms with van der Waals surface area (Å²) in [4.78, 5) is 11.1. The monoisotopic (exact) mass is 152 g/mol. The van der Waals surface area contributed by atoms with Gasteiger partial charge in [0.2, 0.25) is 0 Å². The topological polar surface area (TPSA) is 26.3 Å². The summed E-state index contributed by atoms with van der Waals surface area (Å²) >= 11 is 0. The molecule has 11 heavy (non-hydrogen) atoms. The number of carbonyl (C=O) groups is 1. The molecule has 1 heterocycles. The van der Waals surface area contributed by atoms with Crippen molar-refractivity contribution < 1.29 is 9.53 Å². The molecule has 60 valence electrons. The molecule has 0 N–H and O–H groups in total. The maximum atomic E-state index is 11.1. The first-order valence-electron chi connectivity index (χ1n) is 4.35. The zero-order valence-corrected chi connectivity index (χ0v) is 6.83. The number of rotatable bonds is 0. The molecule has 0 amide bonds. The van der Waals surface area contributed by atoms with E-state index in [0.29, 0.717) is 17.3 Å². The molecule has 2 saturated carbocycles. The lowest BCUT2D eigenvalue weighted by atomic mass is 9.39. The highest BCUT2D eigenvalue weighted by Crippen LogP contribution is 2.71. The lowest BCUT2D eigenvalue weighted by molar-refractivity contribution is -0.195. The third-order valence-corrected chi connectivity index (χ3v) is 4.30. The first-order valence-corrected chi connectivity index (χ1v) is 4.35. The molecule has 0 bridgehead atoms. The van der Waals surface area contributed by atoms with Gasteiger partial charge in [-0.2, -0.15) is 0 Å². The molecule has 0 spiro atoms. The van der Waals surface area contributed by atoms with Gasteiger partial charge in [0, 0.05) is 5.92 Å². The Morgan fingerprint density at radius 1 is 1.64 bits per heavy atom. The second-order valence-electron chi connectivity index (χ2n) is 4.53. The summed E-state index contributed by atoms with van der Waals surface area (Å²) in [6, 6.07) is 0. The minimum atomic E-state index is 0.0711. The van der Waals surface area contributed by atoms with Gasteiger partial charge in [-0.25, -0.2) is 0 Å². The Morgan fingerprint density at radius 2 is 2.36 bits per heavy atom. The van der Waals surface area contributed by atoms with Crippen molar-refractivity contribution in [2.45, 2.75) is 26.4 Å². The number of hydrogen-bond acceptors (Lipinski definition) is 2. The van der Waals surface area contributed by atoms with Gasteiger partial charge in [0.25, 0.3) is 0 Å². The molecule has 3 fully saturated rings. The van der Waals surface area contributed by atoms with E-state index in [0.717, 1.165) is 6.42 Å².